The molecule has 0 unspecified atom stereocenters. The lowest BCUT2D eigenvalue weighted by molar-refractivity contribution is 0.0662. The molecule has 0 saturated carbocycles. The summed E-state index contributed by atoms with van der Waals surface area (Å²) in [6.07, 6.45) is 0.985. The van der Waals surface area contributed by atoms with Crippen LogP contribution in [0.2, 0.25) is 5.02 Å². The third kappa shape index (κ3) is 1.84. The second kappa shape index (κ2) is 3.53. The fourth-order valence-electron chi connectivity index (χ4n) is 0.680. The van der Waals surface area contributed by atoms with Crippen LogP contribution in [0.5, 0.6) is 0 Å². The van der Waals surface area contributed by atoms with E-state index in [1.54, 1.807) is 0 Å². The normalized spacial score (nSPS) is 10.8. The topological polar surface area (TPSA) is 22.0 Å². The standard InChI is InChI=1S/C6H3BrClF2NO/c7-3-1-4(8)5(12)11(2-3)6(9)10/h1-2,6H. The summed E-state index contributed by atoms with van der Waals surface area (Å²) in [6.45, 7) is -2.87. The fourth-order valence-corrected chi connectivity index (χ4v) is 1.48. The summed E-state index contributed by atoms with van der Waals surface area (Å²) in [5, 5.41) is -0.232. The molecule has 2 nitrogen and oxygen atoms in total. The molecule has 0 saturated heterocycles. The molecule has 0 bridgehead atoms. The summed E-state index contributed by atoms with van der Waals surface area (Å²) in [7, 11) is 0. The first-order valence-electron chi connectivity index (χ1n) is 2.87. The Hall–Kier alpha value is -0.420. The Balaban J connectivity index is 3.38. The quantitative estimate of drug-likeness (QED) is 0.759. The number of halogens is 4. The SMILES string of the molecule is O=c1c(Cl)cc(Br)cn1C(F)F. The third-order valence-electron chi connectivity index (χ3n) is 1.18. The van der Waals surface area contributed by atoms with Crippen LogP contribution in [0.15, 0.2) is 21.5 Å². The van der Waals surface area contributed by atoms with Crippen molar-refractivity contribution < 1.29 is 8.78 Å². The molecule has 0 N–H and O–H groups in total. The van der Waals surface area contributed by atoms with Crippen molar-refractivity contribution in [3.63, 3.8) is 0 Å². The molecular formula is C6H3BrClF2NO. The van der Waals surface area contributed by atoms with E-state index in [1.165, 1.54) is 6.07 Å². The van der Waals surface area contributed by atoms with Gasteiger partial charge in [0.25, 0.3) is 5.56 Å². The molecule has 0 aliphatic rings. The van der Waals surface area contributed by atoms with Crippen molar-refractivity contribution >= 4 is 27.5 Å². The molecule has 66 valence electrons. The minimum Gasteiger partial charge on any atom is -0.268 e. The average Bonchev–Trinajstić information content (AvgIpc) is 1.96. The van der Waals surface area contributed by atoms with Crippen molar-refractivity contribution in [2.45, 2.75) is 6.55 Å². The van der Waals surface area contributed by atoms with E-state index in [1.807, 2.05) is 0 Å². The Bertz CT molecular complexity index is 352. The van der Waals surface area contributed by atoms with Gasteiger partial charge < -0.3 is 0 Å². The van der Waals surface area contributed by atoms with Crippen LogP contribution in [0, 0.1) is 0 Å². The molecule has 0 atom stereocenters. The van der Waals surface area contributed by atoms with Crippen molar-refractivity contribution in [2.75, 3.05) is 0 Å². The summed E-state index contributed by atoms with van der Waals surface area (Å²) < 4.78 is 24.7. The molecule has 0 aliphatic carbocycles. The summed E-state index contributed by atoms with van der Waals surface area (Å²) in [4.78, 5) is 10.9. The fraction of sp³-hybridized carbons (Fsp3) is 0.167. The second-order valence-corrected chi connectivity index (χ2v) is 3.32. The van der Waals surface area contributed by atoms with E-state index in [0.717, 1.165) is 6.20 Å². The number of rotatable bonds is 1. The van der Waals surface area contributed by atoms with Gasteiger partial charge in [0, 0.05) is 10.7 Å². The number of alkyl halides is 2. The van der Waals surface area contributed by atoms with Crippen LogP contribution in [0.1, 0.15) is 6.55 Å². The minimum atomic E-state index is -2.87. The number of pyridine rings is 1. The summed E-state index contributed by atoms with van der Waals surface area (Å²) in [6, 6.07) is 1.27. The summed E-state index contributed by atoms with van der Waals surface area (Å²) in [5.74, 6) is 0. The Morgan fingerprint density at radius 2 is 2.17 bits per heavy atom. The van der Waals surface area contributed by atoms with Crippen LogP contribution < -0.4 is 5.56 Å². The molecule has 1 heterocycles. The number of nitrogens with zero attached hydrogens (tertiary/aromatic N) is 1. The van der Waals surface area contributed by atoms with Crippen LogP contribution in [-0.4, -0.2) is 4.57 Å². The average molecular weight is 258 g/mol. The largest absolute Gasteiger partial charge is 0.321 e. The maximum Gasteiger partial charge on any atom is 0.321 e. The molecule has 0 aromatic carbocycles. The molecule has 0 fully saturated rings. The highest BCUT2D eigenvalue weighted by Crippen LogP contribution is 2.16. The summed E-state index contributed by atoms with van der Waals surface area (Å²) >= 11 is 8.30. The highest BCUT2D eigenvalue weighted by Gasteiger charge is 2.10. The zero-order chi connectivity index (χ0) is 9.30. The van der Waals surface area contributed by atoms with E-state index < -0.39 is 12.1 Å². The predicted octanol–water partition coefficient (Wildman–Crippen LogP) is 2.66. The number of hydrogen-bond donors (Lipinski definition) is 0. The first-order valence-corrected chi connectivity index (χ1v) is 4.05. The van der Waals surface area contributed by atoms with Gasteiger partial charge in [0.2, 0.25) is 0 Å². The van der Waals surface area contributed by atoms with Crippen LogP contribution in [0.4, 0.5) is 8.78 Å². The first-order chi connectivity index (χ1) is 5.52. The van der Waals surface area contributed by atoms with Crippen LogP contribution in [0.25, 0.3) is 0 Å². The van der Waals surface area contributed by atoms with E-state index in [0.29, 0.717) is 4.47 Å². The molecule has 12 heavy (non-hydrogen) atoms. The van der Waals surface area contributed by atoms with Gasteiger partial charge >= 0.3 is 6.55 Å². The van der Waals surface area contributed by atoms with Crippen LogP contribution >= 0.6 is 27.5 Å². The zero-order valence-corrected chi connectivity index (χ0v) is 7.94. The smallest absolute Gasteiger partial charge is 0.268 e. The minimum absolute atomic E-state index is 0.232. The lowest BCUT2D eigenvalue weighted by atomic mass is 10.5. The van der Waals surface area contributed by atoms with Crippen molar-refractivity contribution in [2.24, 2.45) is 0 Å². The van der Waals surface area contributed by atoms with E-state index >= 15 is 0 Å². The van der Waals surface area contributed by atoms with Crippen molar-refractivity contribution in [3.8, 4) is 0 Å². The monoisotopic (exact) mass is 257 g/mol. The van der Waals surface area contributed by atoms with Gasteiger partial charge in [-0.3, -0.25) is 9.36 Å². The van der Waals surface area contributed by atoms with E-state index in [9.17, 15) is 13.6 Å². The van der Waals surface area contributed by atoms with E-state index in [2.05, 4.69) is 15.9 Å². The van der Waals surface area contributed by atoms with Crippen molar-refractivity contribution in [1.82, 2.24) is 4.57 Å². The maximum atomic E-state index is 12.1. The molecule has 0 spiro atoms. The van der Waals surface area contributed by atoms with Gasteiger partial charge in [-0.25, -0.2) is 0 Å². The predicted molar refractivity (Wildman–Crippen MR) is 44.7 cm³/mol. The Morgan fingerprint density at radius 1 is 1.58 bits per heavy atom. The van der Waals surface area contributed by atoms with Gasteiger partial charge in [0.1, 0.15) is 5.02 Å². The Labute approximate surface area is 79.9 Å². The van der Waals surface area contributed by atoms with E-state index in [-0.39, 0.29) is 9.59 Å². The molecule has 1 aromatic heterocycles. The first kappa shape index (κ1) is 9.67. The van der Waals surface area contributed by atoms with Gasteiger partial charge in [-0.2, -0.15) is 8.78 Å². The lowest BCUT2D eigenvalue weighted by Crippen LogP contribution is -2.20. The van der Waals surface area contributed by atoms with Crippen molar-refractivity contribution in [1.29, 1.82) is 0 Å². The molecular weight excluding hydrogens is 255 g/mol. The molecule has 1 aromatic rings. The second-order valence-electron chi connectivity index (χ2n) is 2.00. The molecule has 0 aliphatic heterocycles. The van der Waals surface area contributed by atoms with Crippen LogP contribution in [0.3, 0.4) is 0 Å². The Morgan fingerprint density at radius 3 is 2.67 bits per heavy atom. The molecule has 0 radical (unpaired) electrons. The van der Waals surface area contributed by atoms with Gasteiger partial charge in [0.15, 0.2) is 0 Å². The number of aromatic nitrogens is 1. The van der Waals surface area contributed by atoms with Crippen LogP contribution in [-0.2, 0) is 0 Å². The zero-order valence-electron chi connectivity index (χ0n) is 5.60. The Kier molecular flexibility index (Phi) is 2.85. The molecule has 6 heteroatoms. The molecule has 1 rings (SSSR count). The van der Waals surface area contributed by atoms with Gasteiger partial charge in [0.05, 0.1) is 0 Å². The summed E-state index contributed by atoms with van der Waals surface area (Å²) in [5.41, 5.74) is -0.894. The van der Waals surface area contributed by atoms with E-state index in [4.69, 9.17) is 11.6 Å². The van der Waals surface area contributed by atoms with Crippen molar-refractivity contribution in [3.05, 3.63) is 32.1 Å². The third-order valence-corrected chi connectivity index (χ3v) is 1.88. The van der Waals surface area contributed by atoms with Gasteiger partial charge in [-0.1, -0.05) is 11.6 Å². The highest BCUT2D eigenvalue weighted by atomic mass is 79.9. The molecule has 0 amide bonds. The maximum absolute atomic E-state index is 12.1. The van der Waals surface area contributed by atoms with Gasteiger partial charge in [-0.05, 0) is 22.0 Å². The number of hydrogen-bond acceptors (Lipinski definition) is 1. The van der Waals surface area contributed by atoms with Gasteiger partial charge in [-0.15, -0.1) is 0 Å². The highest BCUT2D eigenvalue weighted by molar-refractivity contribution is 9.10. The lowest BCUT2D eigenvalue weighted by Gasteiger charge is -2.04.